The van der Waals surface area contributed by atoms with Crippen LogP contribution in [0.15, 0.2) is 17.0 Å². The van der Waals surface area contributed by atoms with Crippen molar-refractivity contribution in [1.82, 2.24) is 39.8 Å². The average Bonchev–Trinajstić information content (AvgIpc) is 3.45. The third-order valence-corrected chi connectivity index (χ3v) is 7.42. The summed E-state index contributed by atoms with van der Waals surface area (Å²) in [7, 11) is 2.18. The smallest absolute Gasteiger partial charge is 0.165 e. The van der Waals surface area contributed by atoms with Gasteiger partial charge in [-0.25, -0.2) is 24.6 Å². The van der Waals surface area contributed by atoms with Crippen molar-refractivity contribution >= 4 is 16.9 Å². The number of rotatable bonds is 4. The van der Waals surface area contributed by atoms with E-state index in [0.29, 0.717) is 45.9 Å². The quantitative estimate of drug-likeness (QED) is 0.449. The number of fused-ring (bicyclic) bond motifs is 1. The van der Waals surface area contributed by atoms with Gasteiger partial charge < -0.3 is 15.2 Å². The van der Waals surface area contributed by atoms with E-state index in [0.717, 1.165) is 55.8 Å². The molecule has 0 atom stereocenters. The Morgan fingerprint density at radius 1 is 1.00 bits per heavy atom. The molecule has 1 aliphatic carbocycles. The molecule has 2 fully saturated rings. The van der Waals surface area contributed by atoms with Crippen LogP contribution in [0.4, 0.5) is 5.82 Å². The molecule has 10 heteroatoms. The lowest BCUT2D eigenvalue weighted by molar-refractivity contribution is 0.254. The summed E-state index contributed by atoms with van der Waals surface area (Å²) in [5, 5.41) is 10.1. The van der Waals surface area contributed by atoms with E-state index in [-0.39, 0.29) is 5.54 Å². The van der Waals surface area contributed by atoms with Crippen LogP contribution < -0.4 is 5.73 Å². The number of aryl methyl sites for hydroxylation is 1. The van der Waals surface area contributed by atoms with Crippen molar-refractivity contribution < 1.29 is 4.52 Å². The molecule has 36 heavy (non-hydrogen) atoms. The third kappa shape index (κ3) is 3.84. The number of aromatic nitrogens is 7. The van der Waals surface area contributed by atoms with Gasteiger partial charge in [0.2, 0.25) is 0 Å². The van der Waals surface area contributed by atoms with Gasteiger partial charge in [0.15, 0.2) is 17.2 Å². The molecule has 0 amide bonds. The van der Waals surface area contributed by atoms with Crippen LogP contribution in [0.1, 0.15) is 75.3 Å². The van der Waals surface area contributed by atoms with E-state index in [2.05, 4.69) is 54.8 Å². The Bertz CT molecular complexity index is 1440. The van der Waals surface area contributed by atoms with Crippen LogP contribution in [-0.2, 0) is 5.54 Å². The number of hydrogen-bond donors (Lipinski definition) is 1. The summed E-state index contributed by atoms with van der Waals surface area (Å²) in [5.74, 6) is 2.62. The highest BCUT2D eigenvalue weighted by atomic mass is 16.5. The molecule has 0 aromatic carbocycles. The van der Waals surface area contributed by atoms with Crippen LogP contribution in [0, 0.1) is 6.92 Å². The maximum Gasteiger partial charge on any atom is 0.165 e. The molecule has 4 aromatic heterocycles. The lowest BCUT2D eigenvalue weighted by Gasteiger charge is -2.29. The normalized spacial score (nSPS) is 17.8. The zero-order valence-corrected chi connectivity index (χ0v) is 21.6. The Labute approximate surface area is 210 Å². The molecule has 4 aromatic rings. The van der Waals surface area contributed by atoms with Crippen LogP contribution in [0.3, 0.4) is 0 Å². The number of nitrogens with two attached hydrogens (primary N) is 1. The van der Waals surface area contributed by atoms with Gasteiger partial charge in [-0.15, -0.1) is 0 Å². The molecule has 1 aliphatic heterocycles. The first kappa shape index (κ1) is 23.0. The number of nitrogen functional groups attached to an aromatic ring is 1. The molecule has 0 radical (unpaired) electrons. The van der Waals surface area contributed by atoms with Crippen molar-refractivity contribution in [2.45, 2.75) is 70.8 Å². The Morgan fingerprint density at radius 3 is 2.42 bits per heavy atom. The van der Waals surface area contributed by atoms with Gasteiger partial charge in [-0.2, -0.15) is 5.10 Å². The predicted molar refractivity (Wildman–Crippen MR) is 137 cm³/mol. The fourth-order valence-corrected chi connectivity index (χ4v) is 5.23. The first-order valence-electron chi connectivity index (χ1n) is 12.7. The van der Waals surface area contributed by atoms with Crippen molar-refractivity contribution in [2.24, 2.45) is 0 Å². The Balaban J connectivity index is 1.50. The number of nitrogens with zero attached hydrogens (tertiary/aromatic N) is 8. The summed E-state index contributed by atoms with van der Waals surface area (Å²) < 4.78 is 7.82. The van der Waals surface area contributed by atoms with Crippen LogP contribution in [0.25, 0.3) is 33.8 Å². The van der Waals surface area contributed by atoms with E-state index >= 15 is 0 Å². The Hall–Kier alpha value is -3.40. The second kappa shape index (κ2) is 8.33. The summed E-state index contributed by atoms with van der Waals surface area (Å²) in [5.41, 5.74) is 11.0. The van der Waals surface area contributed by atoms with Gasteiger partial charge in [0.05, 0.1) is 16.5 Å². The molecule has 6 rings (SSSR count). The van der Waals surface area contributed by atoms with Crippen LogP contribution in [-0.4, -0.2) is 59.9 Å². The predicted octanol–water partition coefficient (Wildman–Crippen LogP) is 4.27. The zero-order valence-electron chi connectivity index (χ0n) is 21.6. The summed E-state index contributed by atoms with van der Waals surface area (Å²) >= 11 is 0. The molecule has 188 valence electrons. The molecular formula is C26H33N9O. The minimum atomic E-state index is -0.316. The molecule has 0 spiro atoms. The highest BCUT2D eigenvalue weighted by molar-refractivity contribution is 6.00. The van der Waals surface area contributed by atoms with E-state index in [1.165, 1.54) is 11.9 Å². The van der Waals surface area contributed by atoms with Gasteiger partial charge in [0.25, 0.3) is 0 Å². The van der Waals surface area contributed by atoms with E-state index in [4.69, 9.17) is 25.3 Å². The monoisotopic (exact) mass is 487 g/mol. The first-order valence-corrected chi connectivity index (χ1v) is 12.7. The van der Waals surface area contributed by atoms with Crippen molar-refractivity contribution in [2.75, 3.05) is 25.9 Å². The van der Waals surface area contributed by atoms with Crippen LogP contribution in [0.2, 0.25) is 0 Å². The summed E-state index contributed by atoms with van der Waals surface area (Å²) in [4.78, 5) is 21.0. The van der Waals surface area contributed by atoms with Gasteiger partial charge >= 0.3 is 0 Å². The van der Waals surface area contributed by atoms with Crippen molar-refractivity contribution in [3.63, 3.8) is 0 Å². The highest BCUT2D eigenvalue weighted by Gasteiger charge is 2.37. The van der Waals surface area contributed by atoms with Crippen molar-refractivity contribution in [3.8, 4) is 22.8 Å². The fourth-order valence-electron chi connectivity index (χ4n) is 5.23. The van der Waals surface area contributed by atoms with E-state index < -0.39 is 0 Å². The molecule has 1 saturated carbocycles. The maximum atomic E-state index is 6.36. The van der Waals surface area contributed by atoms with Crippen LogP contribution in [0.5, 0.6) is 0 Å². The maximum absolute atomic E-state index is 6.36. The molecule has 5 heterocycles. The second-order valence-electron chi connectivity index (χ2n) is 11.2. The molecule has 2 aliphatic rings. The second-order valence-corrected chi connectivity index (χ2v) is 11.2. The van der Waals surface area contributed by atoms with Gasteiger partial charge in [-0.3, -0.25) is 0 Å². The van der Waals surface area contributed by atoms with Gasteiger partial charge in [-0.1, -0.05) is 5.16 Å². The van der Waals surface area contributed by atoms with Crippen molar-refractivity contribution in [1.29, 1.82) is 0 Å². The lowest BCUT2D eigenvalue weighted by atomic mass is 9.89. The summed E-state index contributed by atoms with van der Waals surface area (Å²) in [6, 6.07) is 0. The number of hydrogen-bond acceptors (Lipinski definition) is 9. The van der Waals surface area contributed by atoms with E-state index in [1.807, 2.05) is 10.9 Å². The molecule has 0 bridgehead atoms. The van der Waals surface area contributed by atoms with Crippen LogP contribution >= 0.6 is 0 Å². The molecular weight excluding hydrogens is 454 g/mol. The lowest BCUT2D eigenvalue weighted by Crippen LogP contribution is -2.29. The number of likely N-dealkylation sites (tertiary alicyclic amines) is 1. The van der Waals surface area contributed by atoms with E-state index in [1.54, 1.807) is 0 Å². The molecule has 0 unspecified atom stereocenters. The number of anilines is 1. The standard InChI is InChI=1S/C26H33N9O/c1-14-17(15-8-10-34(5)11-9-15)12-28-24(31-14)18-21(33-36-22(18)16-6-7-16)20-19-23(27)29-13-30-25(19)35(32-20)26(2,3)4/h12-13,15-16H,6-11H2,1-5H3,(H2,27,29,30). The summed E-state index contributed by atoms with van der Waals surface area (Å²) in [6.07, 6.45) is 7.86. The average molecular weight is 488 g/mol. The Morgan fingerprint density at radius 2 is 1.75 bits per heavy atom. The fraction of sp³-hybridized carbons (Fsp3) is 0.538. The van der Waals surface area contributed by atoms with Crippen molar-refractivity contribution in [3.05, 3.63) is 29.5 Å². The highest BCUT2D eigenvalue weighted by Crippen LogP contribution is 2.48. The third-order valence-electron chi connectivity index (χ3n) is 7.42. The van der Waals surface area contributed by atoms with Gasteiger partial charge in [0.1, 0.15) is 23.5 Å². The number of piperidine rings is 1. The minimum Gasteiger partial charge on any atom is -0.383 e. The van der Waals surface area contributed by atoms with Gasteiger partial charge in [-0.05, 0) is 85.0 Å². The largest absolute Gasteiger partial charge is 0.383 e. The topological polar surface area (TPSA) is 125 Å². The SMILES string of the molecule is Cc1nc(-c2c(-c3nn(C(C)(C)C)c4ncnc(N)c34)noc2C2CC2)ncc1C1CCN(C)CC1. The zero-order chi connectivity index (χ0) is 25.2. The molecule has 2 N–H and O–H groups in total. The molecule has 10 nitrogen and oxygen atoms in total. The Kier molecular flexibility index (Phi) is 5.33. The summed E-state index contributed by atoms with van der Waals surface area (Å²) in [6.45, 7) is 10.5. The molecule has 1 saturated heterocycles. The minimum absolute atomic E-state index is 0.316. The van der Waals surface area contributed by atoms with Gasteiger partial charge in [0, 0.05) is 17.8 Å². The van der Waals surface area contributed by atoms with E-state index in [9.17, 15) is 0 Å². The first-order chi connectivity index (χ1) is 17.2.